The maximum absolute atomic E-state index is 9.34. The minimum atomic E-state index is 0.314. The molecule has 1 aliphatic rings. The molecule has 0 aliphatic heterocycles. The quantitative estimate of drug-likeness (QED) is 0.806. The summed E-state index contributed by atoms with van der Waals surface area (Å²) in [5.74, 6) is 0. The maximum atomic E-state index is 9.34. The third kappa shape index (κ3) is 3.83. The molecule has 0 atom stereocenters. The van der Waals surface area contributed by atoms with Crippen LogP contribution < -0.4 is 5.32 Å². The first-order valence-corrected chi connectivity index (χ1v) is 8.02. The Kier molecular flexibility index (Phi) is 5.61. The fourth-order valence-electron chi connectivity index (χ4n) is 3.55. The Balaban J connectivity index is 1.89. The standard InChI is InChI=1S/C16H29N3O/c1-3-15-14(12-19(2)18-15)11-17-13-16(9-10-20)7-5-4-6-8-16/h12,17,20H,3-11,13H2,1-2H3. The van der Waals surface area contributed by atoms with E-state index in [1.54, 1.807) is 0 Å². The zero-order valence-electron chi connectivity index (χ0n) is 13.0. The topological polar surface area (TPSA) is 50.1 Å². The van der Waals surface area contributed by atoms with Gasteiger partial charge in [-0.3, -0.25) is 4.68 Å². The Morgan fingerprint density at radius 3 is 2.75 bits per heavy atom. The number of nitrogens with one attached hydrogen (secondary N) is 1. The lowest BCUT2D eigenvalue weighted by Gasteiger charge is -2.37. The van der Waals surface area contributed by atoms with E-state index in [1.165, 1.54) is 43.4 Å². The fourth-order valence-corrected chi connectivity index (χ4v) is 3.55. The van der Waals surface area contributed by atoms with Crippen molar-refractivity contribution in [2.45, 2.75) is 58.4 Å². The molecule has 4 heteroatoms. The van der Waals surface area contributed by atoms with Gasteiger partial charge in [0.15, 0.2) is 0 Å². The summed E-state index contributed by atoms with van der Waals surface area (Å²) < 4.78 is 1.90. The van der Waals surface area contributed by atoms with Gasteiger partial charge in [-0.25, -0.2) is 0 Å². The highest BCUT2D eigenvalue weighted by atomic mass is 16.3. The lowest BCUT2D eigenvalue weighted by Crippen LogP contribution is -2.36. The van der Waals surface area contributed by atoms with Crippen molar-refractivity contribution in [3.63, 3.8) is 0 Å². The predicted molar refractivity (Wildman–Crippen MR) is 81.5 cm³/mol. The van der Waals surface area contributed by atoms with Gasteiger partial charge < -0.3 is 10.4 Å². The van der Waals surface area contributed by atoms with E-state index in [0.717, 1.165) is 25.9 Å². The van der Waals surface area contributed by atoms with Crippen LogP contribution in [-0.4, -0.2) is 28.0 Å². The summed E-state index contributed by atoms with van der Waals surface area (Å²) in [4.78, 5) is 0. The van der Waals surface area contributed by atoms with Gasteiger partial charge in [0, 0.05) is 38.5 Å². The van der Waals surface area contributed by atoms with E-state index in [9.17, 15) is 5.11 Å². The molecule has 1 aliphatic carbocycles. The molecule has 1 aromatic rings. The summed E-state index contributed by atoms with van der Waals surface area (Å²) >= 11 is 0. The van der Waals surface area contributed by atoms with E-state index in [0.29, 0.717) is 12.0 Å². The van der Waals surface area contributed by atoms with Crippen LogP contribution in [0.2, 0.25) is 0 Å². The van der Waals surface area contributed by atoms with Gasteiger partial charge in [-0.05, 0) is 31.1 Å². The van der Waals surface area contributed by atoms with Gasteiger partial charge in [0.1, 0.15) is 0 Å². The molecular weight excluding hydrogens is 250 g/mol. The van der Waals surface area contributed by atoms with Crippen molar-refractivity contribution >= 4 is 0 Å². The molecule has 0 saturated heterocycles. The Hall–Kier alpha value is -0.870. The summed E-state index contributed by atoms with van der Waals surface area (Å²) in [5, 5.41) is 17.4. The highest BCUT2D eigenvalue weighted by Gasteiger charge is 2.30. The second-order valence-corrected chi connectivity index (χ2v) is 6.27. The number of hydrogen-bond donors (Lipinski definition) is 2. The predicted octanol–water partition coefficient (Wildman–Crippen LogP) is 2.41. The van der Waals surface area contributed by atoms with Gasteiger partial charge in [0.05, 0.1) is 5.69 Å². The van der Waals surface area contributed by atoms with Crippen molar-refractivity contribution in [1.82, 2.24) is 15.1 Å². The molecule has 1 aromatic heterocycles. The molecule has 1 heterocycles. The van der Waals surface area contributed by atoms with Gasteiger partial charge in [0.25, 0.3) is 0 Å². The van der Waals surface area contributed by atoms with Crippen molar-refractivity contribution in [3.8, 4) is 0 Å². The van der Waals surface area contributed by atoms with E-state index in [2.05, 4.69) is 23.5 Å². The van der Waals surface area contributed by atoms with Crippen LogP contribution in [0.3, 0.4) is 0 Å². The summed E-state index contributed by atoms with van der Waals surface area (Å²) in [7, 11) is 1.98. The summed E-state index contributed by atoms with van der Waals surface area (Å²) in [5.41, 5.74) is 2.83. The maximum Gasteiger partial charge on any atom is 0.0666 e. The van der Waals surface area contributed by atoms with Gasteiger partial charge in [0.2, 0.25) is 0 Å². The molecule has 0 radical (unpaired) electrons. The van der Waals surface area contributed by atoms with Gasteiger partial charge in [-0.15, -0.1) is 0 Å². The average Bonchev–Trinajstić information content (AvgIpc) is 2.80. The smallest absolute Gasteiger partial charge is 0.0666 e. The van der Waals surface area contributed by atoms with Gasteiger partial charge >= 0.3 is 0 Å². The second kappa shape index (κ2) is 7.23. The molecular formula is C16H29N3O. The number of nitrogens with zero attached hydrogens (tertiary/aromatic N) is 2. The van der Waals surface area contributed by atoms with E-state index in [4.69, 9.17) is 0 Å². The molecule has 0 aromatic carbocycles. The van der Waals surface area contributed by atoms with Crippen molar-refractivity contribution in [2.24, 2.45) is 12.5 Å². The van der Waals surface area contributed by atoms with Crippen LogP contribution >= 0.6 is 0 Å². The zero-order valence-corrected chi connectivity index (χ0v) is 13.0. The number of aromatic nitrogens is 2. The van der Waals surface area contributed by atoms with Crippen molar-refractivity contribution in [1.29, 1.82) is 0 Å². The van der Waals surface area contributed by atoms with Crippen LogP contribution in [-0.2, 0) is 20.0 Å². The van der Waals surface area contributed by atoms with Crippen LogP contribution in [0.15, 0.2) is 6.20 Å². The third-order valence-corrected chi connectivity index (χ3v) is 4.70. The van der Waals surface area contributed by atoms with Crippen molar-refractivity contribution in [2.75, 3.05) is 13.2 Å². The Labute approximate surface area is 122 Å². The summed E-state index contributed by atoms with van der Waals surface area (Å²) in [6.07, 6.45) is 10.5. The van der Waals surface area contributed by atoms with Crippen molar-refractivity contribution < 1.29 is 5.11 Å². The Morgan fingerprint density at radius 1 is 1.35 bits per heavy atom. The first-order valence-electron chi connectivity index (χ1n) is 8.02. The third-order valence-electron chi connectivity index (χ3n) is 4.70. The van der Waals surface area contributed by atoms with Crippen LogP contribution in [0.4, 0.5) is 0 Å². The van der Waals surface area contributed by atoms with Crippen LogP contribution in [0.1, 0.15) is 56.7 Å². The van der Waals surface area contributed by atoms with Crippen molar-refractivity contribution in [3.05, 3.63) is 17.5 Å². The largest absolute Gasteiger partial charge is 0.396 e. The number of aliphatic hydroxyl groups is 1. The second-order valence-electron chi connectivity index (χ2n) is 6.27. The molecule has 0 spiro atoms. The lowest BCUT2D eigenvalue weighted by molar-refractivity contribution is 0.126. The van der Waals surface area contributed by atoms with E-state index < -0.39 is 0 Å². The van der Waals surface area contributed by atoms with Crippen LogP contribution in [0, 0.1) is 5.41 Å². The number of rotatable bonds is 7. The molecule has 2 N–H and O–H groups in total. The summed E-state index contributed by atoms with van der Waals surface area (Å²) in [6, 6.07) is 0. The zero-order chi connectivity index (χ0) is 14.4. The normalized spacial score (nSPS) is 18.4. The van der Waals surface area contributed by atoms with Crippen LogP contribution in [0.25, 0.3) is 0 Å². The van der Waals surface area contributed by atoms with E-state index >= 15 is 0 Å². The molecule has 114 valence electrons. The first kappa shape index (κ1) is 15.5. The molecule has 0 unspecified atom stereocenters. The summed E-state index contributed by atoms with van der Waals surface area (Å²) in [6.45, 7) is 4.38. The fraction of sp³-hybridized carbons (Fsp3) is 0.812. The first-order chi connectivity index (χ1) is 9.69. The number of hydrogen-bond acceptors (Lipinski definition) is 3. The van der Waals surface area contributed by atoms with Gasteiger partial charge in [-0.1, -0.05) is 26.2 Å². The monoisotopic (exact) mass is 279 g/mol. The molecule has 0 bridgehead atoms. The highest BCUT2D eigenvalue weighted by Crippen LogP contribution is 2.38. The molecule has 4 nitrogen and oxygen atoms in total. The van der Waals surface area contributed by atoms with Crippen LogP contribution in [0.5, 0.6) is 0 Å². The molecule has 0 amide bonds. The Morgan fingerprint density at radius 2 is 2.10 bits per heavy atom. The minimum Gasteiger partial charge on any atom is -0.396 e. The lowest BCUT2D eigenvalue weighted by atomic mass is 9.72. The molecule has 1 fully saturated rings. The molecule has 20 heavy (non-hydrogen) atoms. The number of aryl methyl sites for hydroxylation is 2. The molecule has 1 saturated carbocycles. The average molecular weight is 279 g/mol. The van der Waals surface area contributed by atoms with Gasteiger partial charge in [-0.2, -0.15) is 5.10 Å². The Bertz CT molecular complexity index is 402. The SMILES string of the molecule is CCc1nn(C)cc1CNCC1(CCO)CCCCC1. The molecule has 2 rings (SSSR count). The van der Waals surface area contributed by atoms with E-state index in [-0.39, 0.29) is 0 Å². The van der Waals surface area contributed by atoms with E-state index in [1.807, 2.05) is 11.7 Å². The highest BCUT2D eigenvalue weighted by molar-refractivity contribution is 5.16. The number of aliphatic hydroxyl groups excluding tert-OH is 1. The minimum absolute atomic E-state index is 0.314.